The maximum atomic E-state index is 12.8. The molecule has 3 saturated heterocycles. The number of morpholine rings is 2. The summed E-state index contributed by atoms with van der Waals surface area (Å²) in [6.45, 7) is 9.62. The van der Waals surface area contributed by atoms with Gasteiger partial charge in [0, 0.05) is 45.9 Å². The van der Waals surface area contributed by atoms with E-state index < -0.39 is 5.60 Å². The molecule has 0 aromatic carbocycles. The molecule has 0 N–H and O–H groups in total. The number of amides is 1. The Labute approximate surface area is 132 Å². The van der Waals surface area contributed by atoms with Crippen molar-refractivity contribution >= 4 is 5.91 Å². The molecule has 3 heterocycles. The lowest BCUT2D eigenvalue weighted by atomic mass is 9.97. The zero-order chi connectivity index (χ0) is 15.4. The zero-order valence-electron chi connectivity index (χ0n) is 13.6. The number of nitrogens with zero attached hydrogens (tertiary/aromatic N) is 2. The van der Waals surface area contributed by atoms with Crippen LogP contribution in [0.4, 0.5) is 0 Å². The van der Waals surface area contributed by atoms with Crippen LogP contribution in [0.15, 0.2) is 0 Å². The van der Waals surface area contributed by atoms with Crippen LogP contribution in [0.25, 0.3) is 0 Å². The highest BCUT2D eigenvalue weighted by atomic mass is 16.5. The molecule has 6 heteroatoms. The molecule has 0 unspecified atom stereocenters. The summed E-state index contributed by atoms with van der Waals surface area (Å²) in [5.74, 6) is 0.807. The summed E-state index contributed by atoms with van der Waals surface area (Å²) in [7, 11) is 0. The molecule has 1 amide bonds. The fourth-order valence-electron chi connectivity index (χ4n) is 3.63. The summed E-state index contributed by atoms with van der Waals surface area (Å²) in [6.07, 6.45) is 2.26. The van der Waals surface area contributed by atoms with Gasteiger partial charge in [0.25, 0.3) is 5.91 Å². The minimum absolute atomic E-state index is 0.118. The van der Waals surface area contributed by atoms with Gasteiger partial charge in [-0.2, -0.15) is 0 Å². The van der Waals surface area contributed by atoms with E-state index in [0.717, 1.165) is 39.1 Å². The van der Waals surface area contributed by atoms with Gasteiger partial charge >= 0.3 is 0 Å². The van der Waals surface area contributed by atoms with Crippen molar-refractivity contribution in [1.82, 2.24) is 9.80 Å². The first kappa shape index (κ1) is 16.2. The molecule has 0 aromatic rings. The second-order valence-electron chi connectivity index (χ2n) is 6.77. The second kappa shape index (κ2) is 7.25. The Morgan fingerprint density at radius 3 is 2.45 bits per heavy atom. The van der Waals surface area contributed by atoms with Crippen LogP contribution in [-0.4, -0.2) is 87.1 Å². The minimum Gasteiger partial charge on any atom is -0.381 e. The fourth-order valence-corrected chi connectivity index (χ4v) is 3.63. The molecule has 0 bridgehead atoms. The third-order valence-corrected chi connectivity index (χ3v) is 4.96. The van der Waals surface area contributed by atoms with E-state index in [9.17, 15) is 4.79 Å². The third-order valence-electron chi connectivity index (χ3n) is 4.96. The first-order valence-corrected chi connectivity index (χ1v) is 8.48. The average molecular weight is 312 g/mol. The van der Waals surface area contributed by atoms with Gasteiger partial charge in [0.15, 0.2) is 5.60 Å². The summed E-state index contributed by atoms with van der Waals surface area (Å²) < 4.78 is 16.7. The zero-order valence-corrected chi connectivity index (χ0v) is 13.6. The van der Waals surface area contributed by atoms with Crippen molar-refractivity contribution in [2.75, 3.05) is 65.8 Å². The summed E-state index contributed by atoms with van der Waals surface area (Å²) in [5.41, 5.74) is -0.708. The van der Waals surface area contributed by atoms with E-state index >= 15 is 0 Å². The van der Waals surface area contributed by atoms with Crippen molar-refractivity contribution in [1.29, 1.82) is 0 Å². The predicted octanol–water partition coefficient (Wildman–Crippen LogP) is 0.363. The molecular formula is C16H28N2O4. The van der Waals surface area contributed by atoms with E-state index in [1.165, 1.54) is 0 Å². The van der Waals surface area contributed by atoms with Crippen molar-refractivity contribution in [2.24, 2.45) is 5.92 Å². The number of rotatable bonds is 3. The molecule has 3 rings (SSSR count). The topological polar surface area (TPSA) is 51.2 Å². The first-order valence-electron chi connectivity index (χ1n) is 8.48. The Hall–Kier alpha value is -0.690. The lowest BCUT2D eigenvalue weighted by Gasteiger charge is -2.43. The van der Waals surface area contributed by atoms with Crippen LogP contribution < -0.4 is 0 Å². The normalized spacial score (nSPS) is 32.1. The van der Waals surface area contributed by atoms with Gasteiger partial charge in [-0.25, -0.2) is 0 Å². The summed E-state index contributed by atoms with van der Waals surface area (Å²) in [5, 5.41) is 0. The summed E-state index contributed by atoms with van der Waals surface area (Å²) in [4.78, 5) is 17.1. The molecule has 22 heavy (non-hydrogen) atoms. The molecule has 0 aliphatic carbocycles. The van der Waals surface area contributed by atoms with E-state index in [1.807, 2.05) is 11.8 Å². The second-order valence-corrected chi connectivity index (χ2v) is 6.77. The summed E-state index contributed by atoms with van der Waals surface area (Å²) >= 11 is 0. The highest BCUT2D eigenvalue weighted by Crippen LogP contribution is 2.24. The van der Waals surface area contributed by atoms with Gasteiger partial charge in [-0.15, -0.1) is 0 Å². The van der Waals surface area contributed by atoms with Crippen molar-refractivity contribution in [2.45, 2.75) is 25.4 Å². The van der Waals surface area contributed by atoms with Crippen LogP contribution in [0.3, 0.4) is 0 Å². The maximum Gasteiger partial charge on any atom is 0.256 e. The Bertz CT molecular complexity index is 380. The number of carbonyl (C=O) groups is 1. The van der Waals surface area contributed by atoms with Crippen LogP contribution in [0.1, 0.15) is 19.8 Å². The van der Waals surface area contributed by atoms with Crippen LogP contribution >= 0.6 is 0 Å². The number of carbonyl (C=O) groups excluding carboxylic acids is 1. The van der Waals surface area contributed by atoms with Gasteiger partial charge in [-0.1, -0.05) is 0 Å². The highest BCUT2D eigenvalue weighted by molar-refractivity contribution is 5.85. The molecule has 126 valence electrons. The number of ether oxygens (including phenoxy) is 3. The third kappa shape index (κ3) is 3.79. The predicted molar refractivity (Wildman–Crippen MR) is 81.7 cm³/mol. The van der Waals surface area contributed by atoms with Crippen LogP contribution in [-0.2, 0) is 19.0 Å². The van der Waals surface area contributed by atoms with Gasteiger partial charge in [-0.05, 0) is 25.7 Å². The molecule has 1 atom stereocenters. The lowest BCUT2D eigenvalue weighted by Crippen LogP contribution is -2.60. The number of hydrogen-bond acceptors (Lipinski definition) is 5. The number of hydrogen-bond donors (Lipinski definition) is 0. The van der Waals surface area contributed by atoms with Gasteiger partial charge in [-0.3, -0.25) is 9.69 Å². The van der Waals surface area contributed by atoms with Crippen molar-refractivity contribution in [3.05, 3.63) is 0 Å². The fraction of sp³-hybridized carbons (Fsp3) is 0.938. The molecule has 0 saturated carbocycles. The van der Waals surface area contributed by atoms with E-state index in [0.29, 0.717) is 45.4 Å². The van der Waals surface area contributed by atoms with E-state index in [4.69, 9.17) is 14.2 Å². The van der Waals surface area contributed by atoms with Gasteiger partial charge in [0.1, 0.15) is 0 Å². The molecule has 0 spiro atoms. The van der Waals surface area contributed by atoms with Crippen molar-refractivity contribution < 1.29 is 19.0 Å². The first-order chi connectivity index (χ1) is 10.7. The maximum absolute atomic E-state index is 12.8. The smallest absolute Gasteiger partial charge is 0.256 e. The largest absolute Gasteiger partial charge is 0.381 e. The Morgan fingerprint density at radius 2 is 1.73 bits per heavy atom. The van der Waals surface area contributed by atoms with E-state index in [-0.39, 0.29) is 5.91 Å². The van der Waals surface area contributed by atoms with Crippen molar-refractivity contribution in [3.63, 3.8) is 0 Å². The average Bonchev–Trinajstić information content (AvgIpc) is 2.56. The molecule has 0 radical (unpaired) electrons. The Morgan fingerprint density at radius 1 is 1.05 bits per heavy atom. The lowest BCUT2D eigenvalue weighted by molar-refractivity contribution is -0.171. The SMILES string of the molecule is C[C@]1(C(=O)N2CCOCC2)CN(CC2CCOCC2)CCO1. The molecule has 6 nitrogen and oxygen atoms in total. The molecule has 0 aromatic heterocycles. The molecule has 3 aliphatic heterocycles. The van der Waals surface area contributed by atoms with Gasteiger partial charge < -0.3 is 19.1 Å². The van der Waals surface area contributed by atoms with Gasteiger partial charge in [0.05, 0.1) is 19.8 Å². The monoisotopic (exact) mass is 312 g/mol. The standard InChI is InChI=1S/C16H28N2O4/c1-16(15(19)18-5-9-21-10-6-18)13-17(4-11-22-16)12-14-2-7-20-8-3-14/h14H,2-13H2,1H3/t16-/m1/s1. The van der Waals surface area contributed by atoms with Crippen molar-refractivity contribution in [3.8, 4) is 0 Å². The van der Waals surface area contributed by atoms with E-state index in [2.05, 4.69) is 4.90 Å². The Kier molecular flexibility index (Phi) is 5.33. The van der Waals surface area contributed by atoms with Crippen LogP contribution in [0, 0.1) is 5.92 Å². The summed E-state index contributed by atoms with van der Waals surface area (Å²) in [6, 6.07) is 0. The van der Waals surface area contributed by atoms with E-state index in [1.54, 1.807) is 0 Å². The highest BCUT2D eigenvalue weighted by Gasteiger charge is 2.42. The van der Waals surface area contributed by atoms with Gasteiger partial charge in [0.2, 0.25) is 0 Å². The molecular weight excluding hydrogens is 284 g/mol. The minimum atomic E-state index is -0.708. The van der Waals surface area contributed by atoms with Crippen LogP contribution in [0.2, 0.25) is 0 Å². The molecule has 3 aliphatic rings. The Balaban J connectivity index is 1.56. The quantitative estimate of drug-likeness (QED) is 0.753. The van der Waals surface area contributed by atoms with Crippen LogP contribution in [0.5, 0.6) is 0 Å². The molecule has 3 fully saturated rings.